The van der Waals surface area contributed by atoms with Crippen molar-refractivity contribution >= 4 is 0 Å². The Morgan fingerprint density at radius 3 is 2.60 bits per heavy atom. The summed E-state index contributed by atoms with van der Waals surface area (Å²) >= 11 is 0. The molecule has 1 heterocycles. The molecule has 0 amide bonds. The van der Waals surface area contributed by atoms with Gasteiger partial charge in [-0.15, -0.1) is 0 Å². The zero-order chi connectivity index (χ0) is 7.72. The average molecular weight is 139 g/mol. The number of aryl methyl sites for hydroxylation is 2. The van der Waals surface area contributed by atoms with Crippen LogP contribution in [0.5, 0.6) is 5.75 Å². The standard InChI is InChI=1S/C7H9NO2/c1-4-3-6(9)5(2)8-7(4)10/h3,9H,1-2H3,(H,8,10). The third-order valence-electron chi connectivity index (χ3n) is 1.40. The van der Waals surface area contributed by atoms with Gasteiger partial charge in [0.1, 0.15) is 5.75 Å². The Hall–Kier alpha value is -1.25. The van der Waals surface area contributed by atoms with E-state index < -0.39 is 0 Å². The number of hydrogen-bond donors (Lipinski definition) is 2. The smallest absolute Gasteiger partial charge is 0.251 e. The molecule has 1 rings (SSSR count). The molecular weight excluding hydrogens is 130 g/mol. The number of hydrogen-bond acceptors (Lipinski definition) is 2. The fraction of sp³-hybridized carbons (Fsp3) is 0.286. The fourth-order valence-corrected chi connectivity index (χ4v) is 0.712. The van der Waals surface area contributed by atoms with Crippen molar-refractivity contribution in [3.63, 3.8) is 0 Å². The number of aromatic hydroxyl groups is 1. The molecule has 54 valence electrons. The van der Waals surface area contributed by atoms with Crippen molar-refractivity contribution in [3.8, 4) is 5.75 Å². The Bertz CT molecular complexity index is 301. The third-order valence-corrected chi connectivity index (χ3v) is 1.40. The van der Waals surface area contributed by atoms with Crippen molar-refractivity contribution in [2.75, 3.05) is 0 Å². The highest BCUT2D eigenvalue weighted by Crippen LogP contribution is 2.10. The van der Waals surface area contributed by atoms with Crippen LogP contribution in [0, 0.1) is 13.8 Å². The molecule has 0 radical (unpaired) electrons. The molecule has 0 saturated carbocycles. The molecule has 1 aromatic heterocycles. The van der Waals surface area contributed by atoms with Crippen LogP contribution in [0.15, 0.2) is 10.9 Å². The van der Waals surface area contributed by atoms with Crippen molar-refractivity contribution in [2.45, 2.75) is 13.8 Å². The average Bonchev–Trinajstić information content (AvgIpc) is 1.84. The maximum Gasteiger partial charge on any atom is 0.251 e. The molecule has 1 aromatic rings. The number of aromatic amines is 1. The van der Waals surface area contributed by atoms with E-state index in [-0.39, 0.29) is 11.3 Å². The highest BCUT2D eigenvalue weighted by atomic mass is 16.3. The summed E-state index contributed by atoms with van der Waals surface area (Å²) in [6.07, 6.45) is 0. The maximum absolute atomic E-state index is 10.8. The summed E-state index contributed by atoms with van der Waals surface area (Å²) < 4.78 is 0. The van der Waals surface area contributed by atoms with Crippen molar-refractivity contribution in [3.05, 3.63) is 27.7 Å². The molecular formula is C7H9NO2. The summed E-state index contributed by atoms with van der Waals surface area (Å²) in [5.74, 6) is 0.136. The first-order valence-corrected chi connectivity index (χ1v) is 3.01. The fourth-order valence-electron chi connectivity index (χ4n) is 0.712. The quantitative estimate of drug-likeness (QED) is 0.555. The van der Waals surface area contributed by atoms with Crippen LogP contribution in [0.4, 0.5) is 0 Å². The molecule has 3 heteroatoms. The minimum Gasteiger partial charge on any atom is -0.506 e. The summed E-state index contributed by atoms with van der Waals surface area (Å²) in [4.78, 5) is 13.3. The van der Waals surface area contributed by atoms with E-state index in [1.807, 2.05) is 0 Å². The number of aromatic nitrogens is 1. The van der Waals surface area contributed by atoms with Crippen molar-refractivity contribution < 1.29 is 5.11 Å². The van der Waals surface area contributed by atoms with E-state index in [1.54, 1.807) is 13.8 Å². The Balaban J connectivity index is 3.43. The number of nitrogens with one attached hydrogen (secondary N) is 1. The zero-order valence-electron chi connectivity index (χ0n) is 5.93. The first-order chi connectivity index (χ1) is 4.61. The lowest BCUT2D eigenvalue weighted by molar-refractivity contribution is 0.466. The van der Waals surface area contributed by atoms with Gasteiger partial charge in [0, 0.05) is 5.56 Å². The van der Waals surface area contributed by atoms with Gasteiger partial charge in [-0.25, -0.2) is 0 Å². The molecule has 0 saturated heterocycles. The van der Waals surface area contributed by atoms with Crippen molar-refractivity contribution in [2.24, 2.45) is 0 Å². The highest BCUT2D eigenvalue weighted by molar-refractivity contribution is 5.28. The monoisotopic (exact) mass is 139 g/mol. The molecule has 0 atom stereocenters. The van der Waals surface area contributed by atoms with Crippen LogP contribution in [0.3, 0.4) is 0 Å². The first-order valence-electron chi connectivity index (χ1n) is 3.01. The van der Waals surface area contributed by atoms with Gasteiger partial charge in [0.2, 0.25) is 0 Å². The lowest BCUT2D eigenvalue weighted by Crippen LogP contribution is -2.09. The number of rotatable bonds is 0. The van der Waals surface area contributed by atoms with Crippen LogP contribution >= 0.6 is 0 Å². The molecule has 10 heavy (non-hydrogen) atoms. The summed E-state index contributed by atoms with van der Waals surface area (Å²) in [5.41, 5.74) is 0.897. The second-order valence-corrected chi connectivity index (χ2v) is 2.29. The summed E-state index contributed by atoms with van der Waals surface area (Å²) in [7, 11) is 0. The van der Waals surface area contributed by atoms with Gasteiger partial charge in [-0.3, -0.25) is 4.79 Å². The summed E-state index contributed by atoms with van der Waals surface area (Å²) in [6, 6.07) is 1.45. The van der Waals surface area contributed by atoms with E-state index >= 15 is 0 Å². The Kier molecular flexibility index (Phi) is 1.49. The van der Waals surface area contributed by atoms with Crippen LogP contribution < -0.4 is 5.56 Å². The number of pyridine rings is 1. The van der Waals surface area contributed by atoms with Gasteiger partial charge in [-0.05, 0) is 19.9 Å². The molecule has 3 nitrogen and oxygen atoms in total. The van der Waals surface area contributed by atoms with Gasteiger partial charge in [-0.1, -0.05) is 0 Å². The summed E-state index contributed by atoms with van der Waals surface area (Å²) in [5, 5.41) is 9.05. The minimum atomic E-state index is -0.143. The van der Waals surface area contributed by atoms with Crippen LogP contribution in [0.25, 0.3) is 0 Å². The normalized spacial score (nSPS) is 9.80. The molecule has 2 N–H and O–H groups in total. The van der Waals surface area contributed by atoms with E-state index in [0.717, 1.165) is 0 Å². The maximum atomic E-state index is 10.8. The van der Waals surface area contributed by atoms with Crippen LogP contribution in [0.2, 0.25) is 0 Å². The summed E-state index contributed by atoms with van der Waals surface area (Å²) in [6.45, 7) is 3.30. The Labute approximate surface area is 58.3 Å². The zero-order valence-corrected chi connectivity index (χ0v) is 5.93. The van der Waals surface area contributed by atoms with Gasteiger partial charge in [0.15, 0.2) is 0 Å². The topological polar surface area (TPSA) is 53.1 Å². The van der Waals surface area contributed by atoms with Gasteiger partial charge >= 0.3 is 0 Å². The van der Waals surface area contributed by atoms with Gasteiger partial charge < -0.3 is 10.1 Å². The van der Waals surface area contributed by atoms with Gasteiger partial charge in [-0.2, -0.15) is 0 Å². The minimum absolute atomic E-state index is 0.136. The van der Waals surface area contributed by atoms with Gasteiger partial charge in [0.25, 0.3) is 5.56 Å². The highest BCUT2D eigenvalue weighted by Gasteiger charge is 1.97. The molecule has 0 spiro atoms. The molecule has 0 bridgehead atoms. The van der Waals surface area contributed by atoms with E-state index in [0.29, 0.717) is 11.3 Å². The lowest BCUT2D eigenvalue weighted by Gasteiger charge is -1.97. The largest absolute Gasteiger partial charge is 0.506 e. The van der Waals surface area contributed by atoms with E-state index in [1.165, 1.54) is 6.07 Å². The second-order valence-electron chi connectivity index (χ2n) is 2.29. The number of H-pyrrole nitrogens is 1. The SMILES string of the molecule is Cc1[nH]c(=O)c(C)cc1O. The predicted octanol–water partition coefficient (Wildman–Crippen LogP) is 0.697. The molecule has 0 aromatic carbocycles. The molecule has 0 aliphatic heterocycles. The Morgan fingerprint density at radius 1 is 1.50 bits per heavy atom. The first kappa shape index (κ1) is 6.86. The van der Waals surface area contributed by atoms with E-state index in [2.05, 4.69) is 4.98 Å². The van der Waals surface area contributed by atoms with E-state index in [9.17, 15) is 4.79 Å². The molecule has 0 aliphatic carbocycles. The molecule has 0 unspecified atom stereocenters. The van der Waals surface area contributed by atoms with Crippen molar-refractivity contribution in [1.29, 1.82) is 0 Å². The van der Waals surface area contributed by atoms with Crippen LogP contribution in [-0.2, 0) is 0 Å². The Morgan fingerprint density at radius 2 is 2.10 bits per heavy atom. The lowest BCUT2D eigenvalue weighted by atomic mass is 10.2. The van der Waals surface area contributed by atoms with Crippen LogP contribution in [0.1, 0.15) is 11.3 Å². The van der Waals surface area contributed by atoms with Crippen LogP contribution in [-0.4, -0.2) is 10.1 Å². The predicted molar refractivity (Wildman–Crippen MR) is 38.2 cm³/mol. The van der Waals surface area contributed by atoms with Crippen molar-refractivity contribution in [1.82, 2.24) is 4.98 Å². The van der Waals surface area contributed by atoms with E-state index in [4.69, 9.17) is 5.11 Å². The molecule has 0 fully saturated rings. The molecule has 0 aliphatic rings. The third kappa shape index (κ3) is 1.03. The van der Waals surface area contributed by atoms with Gasteiger partial charge in [0.05, 0.1) is 5.69 Å². The second kappa shape index (κ2) is 2.17.